The van der Waals surface area contributed by atoms with Crippen molar-refractivity contribution in [2.45, 2.75) is 20.4 Å². The van der Waals surface area contributed by atoms with Gasteiger partial charge in [-0.3, -0.25) is 0 Å². The first-order valence-corrected chi connectivity index (χ1v) is 6.69. The molecule has 2 aromatic rings. The van der Waals surface area contributed by atoms with Gasteiger partial charge >= 0.3 is 0 Å². The molecule has 2 aromatic carbocycles. The standard InChI is InChI=1S/C17H21NO/c1-4-18-12-14-6-5-13(2)17(11-14)15-7-9-16(19-3)10-8-15/h5-11,18H,4,12H2,1-3H3. The lowest BCUT2D eigenvalue weighted by Crippen LogP contribution is -2.11. The second kappa shape index (κ2) is 6.39. The molecule has 0 saturated heterocycles. The molecule has 100 valence electrons. The summed E-state index contributed by atoms with van der Waals surface area (Å²) in [6.07, 6.45) is 0. The summed E-state index contributed by atoms with van der Waals surface area (Å²) in [5.41, 5.74) is 5.14. The Bertz CT molecular complexity index is 531. The highest BCUT2D eigenvalue weighted by molar-refractivity contribution is 5.68. The van der Waals surface area contributed by atoms with Crippen molar-refractivity contribution in [2.24, 2.45) is 0 Å². The molecule has 0 aromatic heterocycles. The number of benzene rings is 2. The summed E-state index contributed by atoms with van der Waals surface area (Å²) < 4.78 is 5.20. The number of hydrogen-bond acceptors (Lipinski definition) is 2. The van der Waals surface area contributed by atoms with Gasteiger partial charge in [-0.2, -0.15) is 0 Å². The van der Waals surface area contributed by atoms with Crippen molar-refractivity contribution in [3.8, 4) is 16.9 Å². The Morgan fingerprint density at radius 1 is 1.05 bits per heavy atom. The van der Waals surface area contributed by atoms with Gasteiger partial charge in [0, 0.05) is 6.54 Å². The van der Waals surface area contributed by atoms with Crippen LogP contribution in [-0.2, 0) is 6.54 Å². The first-order chi connectivity index (χ1) is 9.24. The Hall–Kier alpha value is -1.80. The second-order valence-electron chi connectivity index (χ2n) is 4.66. The number of methoxy groups -OCH3 is 1. The maximum Gasteiger partial charge on any atom is 0.118 e. The minimum atomic E-state index is 0.894. The van der Waals surface area contributed by atoms with E-state index in [1.54, 1.807) is 7.11 Å². The van der Waals surface area contributed by atoms with Crippen molar-refractivity contribution in [1.29, 1.82) is 0 Å². The third kappa shape index (κ3) is 3.36. The van der Waals surface area contributed by atoms with E-state index in [4.69, 9.17) is 4.74 Å². The first-order valence-electron chi connectivity index (χ1n) is 6.69. The van der Waals surface area contributed by atoms with Crippen LogP contribution < -0.4 is 10.1 Å². The molecule has 0 aliphatic rings. The molecule has 0 spiro atoms. The van der Waals surface area contributed by atoms with Gasteiger partial charge in [0.2, 0.25) is 0 Å². The molecule has 0 bridgehead atoms. The van der Waals surface area contributed by atoms with E-state index in [0.29, 0.717) is 0 Å². The molecule has 2 heteroatoms. The van der Waals surface area contributed by atoms with Crippen LogP contribution in [0.1, 0.15) is 18.1 Å². The summed E-state index contributed by atoms with van der Waals surface area (Å²) in [6.45, 7) is 6.18. The Labute approximate surface area is 115 Å². The maximum absolute atomic E-state index is 5.20. The molecule has 0 atom stereocenters. The quantitative estimate of drug-likeness (QED) is 0.878. The van der Waals surface area contributed by atoms with E-state index >= 15 is 0 Å². The lowest BCUT2D eigenvalue weighted by atomic mass is 9.98. The van der Waals surface area contributed by atoms with Gasteiger partial charge in [-0.05, 0) is 53.9 Å². The second-order valence-corrected chi connectivity index (χ2v) is 4.66. The molecule has 0 aliphatic heterocycles. The Morgan fingerprint density at radius 3 is 2.42 bits per heavy atom. The van der Waals surface area contributed by atoms with Crippen LogP contribution in [-0.4, -0.2) is 13.7 Å². The van der Waals surface area contributed by atoms with E-state index in [1.807, 2.05) is 12.1 Å². The van der Waals surface area contributed by atoms with Crippen LogP contribution in [0.25, 0.3) is 11.1 Å². The summed E-state index contributed by atoms with van der Waals surface area (Å²) >= 11 is 0. The number of ether oxygens (including phenoxy) is 1. The zero-order chi connectivity index (χ0) is 13.7. The molecule has 19 heavy (non-hydrogen) atoms. The lowest BCUT2D eigenvalue weighted by molar-refractivity contribution is 0.415. The monoisotopic (exact) mass is 255 g/mol. The van der Waals surface area contributed by atoms with E-state index in [0.717, 1.165) is 18.8 Å². The molecular weight excluding hydrogens is 234 g/mol. The summed E-state index contributed by atoms with van der Waals surface area (Å²) in [6, 6.07) is 14.9. The molecule has 0 radical (unpaired) electrons. The van der Waals surface area contributed by atoms with Gasteiger partial charge in [0.15, 0.2) is 0 Å². The highest BCUT2D eigenvalue weighted by atomic mass is 16.5. The number of aryl methyl sites for hydroxylation is 1. The number of nitrogens with one attached hydrogen (secondary N) is 1. The van der Waals surface area contributed by atoms with E-state index in [-0.39, 0.29) is 0 Å². The van der Waals surface area contributed by atoms with Crippen LogP contribution in [0, 0.1) is 6.92 Å². The van der Waals surface area contributed by atoms with E-state index in [1.165, 1.54) is 22.3 Å². The van der Waals surface area contributed by atoms with E-state index < -0.39 is 0 Å². The summed E-state index contributed by atoms with van der Waals surface area (Å²) in [7, 11) is 1.69. The number of rotatable bonds is 5. The van der Waals surface area contributed by atoms with Crippen molar-refractivity contribution < 1.29 is 4.74 Å². The molecule has 0 unspecified atom stereocenters. The molecule has 2 nitrogen and oxygen atoms in total. The molecule has 1 N–H and O–H groups in total. The van der Waals surface area contributed by atoms with Crippen LogP contribution in [0.3, 0.4) is 0 Å². The minimum absolute atomic E-state index is 0.894. The molecule has 0 aliphatic carbocycles. The first kappa shape index (κ1) is 13.6. The summed E-state index contributed by atoms with van der Waals surface area (Å²) in [5.74, 6) is 0.894. The SMILES string of the molecule is CCNCc1ccc(C)c(-c2ccc(OC)cc2)c1. The van der Waals surface area contributed by atoms with Crippen LogP contribution in [0.2, 0.25) is 0 Å². The Balaban J connectivity index is 2.31. The molecule has 0 fully saturated rings. The van der Waals surface area contributed by atoms with Crippen LogP contribution in [0.5, 0.6) is 5.75 Å². The van der Waals surface area contributed by atoms with Crippen molar-refractivity contribution >= 4 is 0 Å². The minimum Gasteiger partial charge on any atom is -0.497 e. The van der Waals surface area contributed by atoms with Crippen LogP contribution in [0.15, 0.2) is 42.5 Å². The summed E-state index contributed by atoms with van der Waals surface area (Å²) in [5, 5.41) is 3.36. The molecule has 0 amide bonds. The predicted octanol–water partition coefficient (Wildman–Crippen LogP) is 3.78. The smallest absolute Gasteiger partial charge is 0.118 e. The van der Waals surface area contributed by atoms with Gasteiger partial charge in [-0.15, -0.1) is 0 Å². The van der Waals surface area contributed by atoms with E-state index in [2.05, 4.69) is 49.5 Å². The van der Waals surface area contributed by atoms with E-state index in [9.17, 15) is 0 Å². The average molecular weight is 255 g/mol. The Kier molecular flexibility index (Phi) is 4.58. The van der Waals surface area contributed by atoms with Gasteiger partial charge in [0.1, 0.15) is 5.75 Å². The highest BCUT2D eigenvalue weighted by Crippen LogP contribution is 2.26. The fraction of sp³-hybridized carbons (Fsp3) is 0.294. The number of hydrogen-bond donors (Lipinski definition) is 1. The van der Waals surface area contributed by atoms with Gasteiger partial charge < -0.3 is 10.1 Å². The lowest BCUT2D eigenvalue weighted by Gasteiger charge is -2.10. The molecule has 0 saturated carbocycles. The van der Waals surface area contributed by atoms with Gasteiger partial charge in [-0.1, -0.05) is 31.2 Å². The normalized spacial score (nSPS) is 10.5. The van der Waals surface area contributed by atoms with Gasteiger partial charge in [0.25, 0.3) is 0 Å². The van der Waals surface area contributed by atoms with Gasteiger partial charge in [-0.25, -0.2) is 0 Å². The predicted molar refractivity (Wildman–Crippen MR) is 80.5 cm³/mol. The molecule has 2 rings (SSSR count). The fourth-order valence-corrected chi connectivity index (χ4v) is 2.13. The summed E-state index contributed by atoms with van der Waals surface area (Å²) in [4.78, 5) is 0. The zero-order valence-corrected chi connectivity index (χ0v) is 11.9. The largest absolute Gasteiger partial charge is 0.497 e. The van der Waals surface area contributed by atoms with Crippen LogP contribution in [0.4, 0.5) is 0 Å². The maximum atomic E-state index is 5.20. The van der Waals surface area contributed by atoms with Gasteiger partial charge in [0.05, 0.1) is 7.11 Å². The van der Waals surface area contributed by atoms with Crippen LogP contribution >= 0.6 is 0 Å². The molecule has 0 heterocycles. The third-order valence-electron chi connectivity index (χ3n) is 3.28. The third-order valence-corrected chi connectivity index (χ3v) is 3.28. The Morgan fingerprint density at radius 2 is 1.79 bits per heavy atom. The fourth-order valence-electron chi connectivity index (χ4n) is 2.13. The zero-order valence-electron chi connectivity index (χ0n) is 11.9. The molecular formula is C17H21NO. The average Bonchev–Trinajstić information content (AvgIpc) is 2.46. The topological polar surface area (TPSA) is 21.3 Å². The highest BCUT2D eigenvalue weighted by Gasteiger charge is 2.04. The van der Waals surface area contributed by atoms with Crippen molar-refractivity contribution in [2.75, 3.05) is 13.7 Å². The van der Waals surface area contributed by atoms with Crippen molar-refractivity contribution in [3.63, 3.8) is 0 Å². The van der Waals surface area contributed by atoms with Crippen molar-refractivity contribution in [3.05, 3.63) is 53.6 Å². The van der Waals surface area contributed by atoms with Crippen molar-refractivity contribution in [1.82, 2.24) is 5.32 Å².